The maximum absolute atomic E-state index is 12.4. The first-order valence-electron chi connectivity index (χ1n) is 3.47. The van der Waals surface area contributed by atoms with Gasteiger partial charge in [0.2, 0.25) is 0 Å². The molecule has 3 heteroatoms. The quantitative estimate of drug-likeness (QED) is 0.557. The minimum absolute atomic E-state index is 0. The van der Waals surface area contributed by atoms with Crippen molar-refractivity contribution >= 4 is 10.9 Å². The average Bonchev–Trinajstić information content (AvgIpc) is 1.93. The zero-order valence-electron chi connectivity index (χ0n) is 7.18. The van der Waals surface area contributed by atoms with Gasteiger partial charge in [0, 0.05) is 5.56 Å². The Labute approximate surface area is 81.9 Å². The van der Waals surface area contributed by atoms with Crippen molar-refractivity contribution in [3.63, 3.8) is 0 Å². The zero-order chi connectivity index (χ0) is 8.27. The summed E-state index contributed by atoms with van der Waals surface area (Å²) >= 11 is 0. The van der Waals surface area contributed by atoms with Crippen LogP contribution in [-0.4, -0.2) is 12.5 Å². The standard InChI is InChI=1S/C9H12FS.ClH/c1-11(2)7-8-3-5-9(10)6-4-8;/h3-6H,7H2,1-2H3;1H/q+1;/p-1. The van der Waals surface area contributed by atoms with Crippen LogP contribution in [-0.2, 0) is 16.6 Å². The molecule has 1 aromatic carbocycles. The van der Waals surface area contributed by atoms with Gasteiger partial charge < -0.3 is 12.4 Å². The Morgan fingerprint density at radius 1 is 1.17 bits per heavy atom. The molecule has 1 aromatic rings. The van der Waals surface area contributed by atoms with Crippen LogP contribution in [0.5, 0.6) is 0 Å². The largest absolute Gasteiger partial charge is 1.00 e. The molecule has 0 atom stereocenters. The molecule has 0 bridgehead atoms. The molecule has 1 rings (SSSR count). The third-order valence-electron chi connectivity index (χ3n) is 1.37. The summed E-state index contributed by atoms with van der Waals surface area (Å²) in [7, 11) is 0.404. The van der Waals surface area contributed by atoms with Gasteiger partial charge in [-0.05, 0) is 23.0 Å². The summed E-state index contributed by atoms with van der Waals surface area (Å²) in [5.41, 5.74) is 1.22. The summed E-state index contributed by atoms with van der Waals surface area (Å²) in [4.78, 5) is 0. The van der Waals surface area contributed by atoms with Gasteiger partial charge in [0.15, 0.2) is 0 Å². The summed E-state index contributed by atoms with van der Waals surface area (Å²) < 4.78 is 12.4. The van der Waals surface area contributed by atoms with Crippen LogP contribution in [0.2, 0.25) is 0 Å². The predicted octanol–water partition coefficient (Wildman–Crippen LogP) is -0.792. The summed E-state index contributed by atoms with van der Waals surface area (Å²) in [5, 5.41) is 0. The molecular formula is C9H12ClFS. The molecular weight excluding hydrogens is 195 g/mol. The molecule has 0 aliphatic carbocycles. The lowest BCUT2D eigenvalue weighted by atomic mass is 10.2. The van der Waals surface area contributed by atoms with E-state index >= 15 is 0 Å². The summed E-state index contributed by atoms with van der Waals surface area (Å²) in [6.07, 6.45) is 4.37. The molecule has 0 saturated heterocycles. The van der Waals surface area contributed by atoms with Crippen molar-refractivity contribution < 1.29 is 16.8 Å². The third kappa shape index (κ3) is 3.98. The van der Waals surface area contributed by atoms with E-state index in [9.17, 15) is 4.39 Å². The van der Waals surface area contributed by atoms with E-state index in [4.69, 9.17) is 0 Å². The highest BCUT2D eigenvalue weighted by Crippen LogP contribution is 2.06. The van der Waals surface area contributed by atoms with Gasteiger partial charge in [-0.15, -0.1) is 0 Å². The monoisotopic (exact) mass is 206 g/mol. The van der Waals surface area contributed by atoms with Crippen LogP contribution in [0.25, 0.3) is 0 Å². The lowest BCUT2D eigenvalue weighted by Crippen LogP contribution is -3.00. The van der Waals surface area contributed by atoms with E-state index < -0.39 is 0 Å². The molecule has 0 spiro atoms. The van der Waals surface area contributed by atoms with Gasteiger partial charge in [0.05, 0.1) is 12.5 Å². The summed E-state index contributed by atoms with van der Waals surface area (Å²) in [6, 6.07) is 6.73. The molecule has 0 nitrogen and oxygen atoms in total. The van der Waals surface area contributed by atoms with E-state index in [2.05, 4.69) is 12.5 Å². The van der Waals surface area contributed by atoms with Gasteiger partial charge in [-0.2, -0.15) is 0 Å². The number of hydrogen-bond donors (Lipinski definition) is 0. The van der Waals surface area contributed by atoms with E-state index in [1.807, 2.05) is 12.1 Å². The summed E-state index contributed by atoms with van der Waals surface area (Å²) in [5.74, 6) is 0.904. The van der Waals surface area contributed by atoms with E-state index in [0.717, 1.165) is 5.75 Å². The van der Waals surface area contributed by atoms with Crippen molar-refractivity contribution in [3.8, 4) is 0 Å². The van der Waals surface area contributed by atoms with Gasteiger partial charge in [0.25, 0.3) is 0 Å². The minimum atomic E-state index is -0.152. The predicted molar refractivity (Wildman–Crippen MR) is 49.3 cm³/mol. The Hall–Kier alpha value is -0.210. The molecule has 0 saturated carbocycles. The van der Waals surface area contributed by atoms with Crippen molar-refractivity contribution in [3.05, 3.63) is 35.6 Å². The third-order valence-corrected chi connectivity index (χ3v) is 2.28. The molecule has 0 aromatic heterocycles. The van der Waals surface area contributed by atoms with Crippen molar-refractivity contribution in [2.75, 3.05) is 12.5 Å². The molecule has 0 radical (unpaired) electrons. The van der Waals surface area contributed by atoms with Crippen LogP contribution in [0.4, 0.5) is 4.39 Å². The summed E-state index contributed by atoms with van der Waals surface area (Å²) in [6.45, 7) is 0. The highest BCUT2D eigenvalue weighted by atomic mass is 35.5. The first-order valence-corrected chi connectivity index (χ1v) is 5.68. The Bertz CT molecular complexity index is 220. The Kier molecular flexibility index (Phi) is 5.34. The second-order valence-electron chi connectivity index (χ2n) is 2.76. The fraction of sp³-hybridized carbons (Fsp3) is 0.333. The van der Waals surface area contributed by atoms with Crippen molar-refractivity contribution in [2.45, 2.75) is 5.75 Å². The maximum atomic E-state index is 12.4. The molecule has 12 heavy (non-hydrogen) atoms. The Balaban J connectivity index is 0.00000121. The molecule has 68 valence electrons. The topological polar surface area (TPSA) is 0 Å². The van der Waals surface area contributed by atoms with Crippen molar-refractivity contribution in [1.29, 1.82) is 0 Å². The normalized spacial score (nSPS) is 9.67. The van der Waals surface area contributed by atoms with Gasteiger partial charge >= 0.3 is 0 Å². The van der Waals surface area contributed by atoms with Gasteiger partial charge in [-0.25, -0.2) is 4.39 Å². The van der Waals surface area contributed by atoms with Crippen LogP contribution in [0, 0.1) is 5.82 Å². The fourth-order valence-corrected chi connectivity index (χ4v) is 1.77. The molecule has 0 aliphatic heterocycles. The van der Waals surface area contributed by atoms with Crippen LogP contribution in [0.1, 0.15) is 5.56 Å². The van der Waals surface area contributed by atoms with E-state index in [-0.39, 0.29) is 18.2 Å². The van der Waals surface area contributed by atoms with Gasteiger partial charge in [-0.1, -0.05) is 12.1 Å². The maximum Gasteiger partial charge on any atom is 0.132 e. The smallest absolute Gasteiger partial charge is 0.132 e. The number of hydrogen-bond acceptors (Lipinski definition) is 0. The molecule has 0 aliphatic rings. The lowest BCUT2D eigenvalue weighted by molar-refractivity contribution is -0.00000305. The second kappa shape index (κ2) is 5.44. The van der Waals surface area contributed by atoms with E-state index in [0.29, 0.717) is 10.9 Å². The SMILES string of the molecule is C[S+](C)Cc1ccc(F)cc1.[Cl-]. The van der Waals surface area contributed by atoms with Crippen LogP contribution in [0.3, 0.4) is 0 Å². The van der Waals surface area contributed by atoms with Crippen molar-refractivity contribution in [2.24, 2.45) is 0 Å². The first kappa shape index (κ1) is 11.8. The van der Waals surface area contributed by atoms with E-state index in [1.54, 1.807) is 0 Å². The first-order chi connectivity index (χ1) is 5.18. The molecule has 0 heterocycles. The number of rotatable bonds is 2. The molecule has 0 amide bonds. The second-order valence-corrected chi connectivity index (χ2v) is 5.02. The molecule has 0 fully saturated rings. The molecule has 0 unspecified atom stereocenters. The van der Waals surface area contributed by atoms with Crippen LogP contribution in [0.15, 0.2) is 24.3 Å². The van der Waals surface area contributed by atoms with E-state index in [1.165, 1.54) is 17.7 Å². The minimum Gasteiger partial charge on any atom is -1.00 e. The molecule has 0 N–H and O–H groups in total. The highest BCUT2D eigenvalue weighted by molar-refractivity contribution is 7.94. The van der Waals surface area contributed by atoms with Gasteiger partial charge in [0.1, 0.15) is 11.6 Å². The Morgan fingerprint density at radius 2 is 1.67 bits per heavy atom. The number of halogens is 2. The Morgan fingerprint density at radius 3 is 2.08 bits per heavy atom. The lowest BCUT2D eigenvalue weighted by Gasteiger charge is -1.96. The average molecular weight is 207 g/mol. The van der Waals surface area contributed by atoms with Gasteiger partial charge in [-0.3, -0.25) is 0 Å². The zero-order valence-corrected chi connectivity index (χ0v) is 8.75. The fourth-order valence-electron chi connectivity index (χ4n) is 0.914. The highest BCUT2D eigenvalue weighted by Gasteiger charge is 2.03. The van der Waals surface area contributed by atoms with Crippen LogP contribution < -0.4 is 12.4 Å². The van der Waals surface area contributed by atoms with Crippen molar-refractivity contribution in [1.82, 2.24) is 0 Å². The van der Waals surface area contributed by atoms with Crippen LogP contribution >= 0.6 is 0 Å². The number of benzene rings is 1.